The molecule has 1 saturated heterocycles. The van der Waals surface area contributed by atoms with Gasteiger partial charge in [-0.1, -0.05) is 0 Å². The second kappa shape index (κ2) is 11.7. The third-order valence-corrected chi connectivity index (χ3v) is 8.26. The summed E-state index contributed by atoms with van der Waals surface area (Å²) in [5.41, 5.74) is 3.34. The van der Waals surface area contributed by atoms with E-state index in [9.17, 15) is 4.79 Å². The first-order chi connectivity index (χ1) is 21.1. The lowest BCUT2D eigenvalue weighted by Gasteiger charge is -2.24. The summed E-state index contributed by atoms with van der Waals surface area (Å²) in [6, 6.07) is 11.5. The molecule has 216 valence electrons. The third kappa shape index (κ3) is 5.62. The molecule has 2 N–H and O–H groups in total. The van der Waals surface area contributed by atoms with Gasteiger partial charge in [0.25, 0.3) is 5.56 Å². The van der Waals surface area contributed by atoms with Gasteiger partial charge >= 0.3 is 0 Å². The van der Waals surface area contributed by atoms with Gasteiger partial charge in [-0.05, 0) is 55.8 Å². The molecule has 6 aromatic rings. The number of nitrogens with one attached hydrogen (secondary N) is 2. The Kier molecular flexibility index (Phi) is 7.35. The lowest BCUT2D eigenvalue weighted by atomic mass is 10.1. The van der Waals surface area contributed by atoms with Gasteiger partial charge in [-0.15, -0.1) is 11.3 Å². The van der Waals surface area contributed by atoms with Crippen molar-refractivity contribution in [1.29, 1.82) is 0 Å². The average molecular weight is 592 g/mol. The molecule has 1 unspecified atom stereocenters. The minimum atomic E-state index is -0.209. The van der Waals surface area contributed by atoms with E-state index in [0.29, 0.717) is 28.4 Å². The van der Waals surface area contributed by atoms with Crippen LogP contribution in [0.5, 0.6) is 5.75 Å². The van der Waals surface area contributed by atoms with Crippen LogP contribution in [0.2, 0.25) is 0 Å². The molecule has 1 aliphatic rings. The third-order valence-electron chi connectivity index (χ3n) is 7.45. The number of rotatable bonds is 8. The molecule has 1 atom stereocenters. The zero-order valence-electron chi connectivity index (χ0n) is 23.5. The van der Waals surface area contributed by atoms with E-state index in [1.54, 1.807) is 41.6 Å². The molecule has 12 heteroatoms. The maximum Gasteiger partial charge on any atom is 0.263 e. The molecule has 7 rings (SSSR count). The number of aryl methyl sites for hydroxylation is 1. The molecular formula is C31H29N9O2S. The predicted molar refractivity (Wildman–Crippen MR) is 167 cm³/mol. The summed E-state index contributed by atoms with van der Waals surface area (Å²) in [5, 5.41) is 10.2. The van der Waals surface area contributed by atoms with Gasteiger partial charge in [0, 0.05) is 78.4 Å². The minimum Gasteiger partial charge on any atom is -0.489 e. The molecule has 5 aromatic heterocycles. The molecule has 0 saturated carbocycles. The summed E-state index contributed by atoms with van der Waals surface area (Å²) in [6.45, 7) is 2.15. The van der Waals surface area contributed by atoms with E-state index in [1.165, 1.54) is 11.3 Å². The zero-order chi connectivity index (χ0) is 29.2. The van der Waals surface area contributed by atoms with Crippen LogP contribution in [-0.2, 0) is 13.6 Å². The number of piperidine rings is 1. The Morgan fingerprint density at radius 2 is 1.98 bits per heavy atom. The summed E-state index contributed by atoms with van der Waals surface area (Å²) >= 11 is 1.54. The van der Waals surface area contributed by atoms with Gasteiger partial charge in [0.1, 0.15) is 28.3 Å². The molecule has 1 fully saturated rings. The summed E-state index contributed by atoms with van der Waals surface area (Å²) in [5.74, 6) is 1.77. The Hall–Kier alpha value is -4.94. The van der Waals surface area contributed by atoms with Gasteiger partial charge in [-0.25, -0.2) is 15.0 Å². The number of fused-ring (bicyclic) bond motifs is 1. The number of thiazole rings is 1. The maximum absolute atomic E-state index is 14.1. The molecule has 43 heavy (non-hydrogen) atoms. The van der Waals surface area contributed by atoms with Crippen LogP contribution >= 0.6 is 11.3 Å². The Balaban J connectivity index is 1.25. The van der Waals surface area contributed by atoms with E-state index < -0.39 is 0 Å². The SMILES string of the molecule is Cn1ccnc1-c1cc2cnc(Nc3ccc(OC4CCCNC4)cc3)nc2n(Cc2cnccc2-c2nccs2)c1=O. The standard InChI is InChI=1S/C31H29N9O2S/c1-39-13-11-34-28(39)26-15-20-17-36-31(37-22-4-6-23(7-5-22)42-24-3-2-9-32-18-24)38-27(20)40(30(26)41)19-21-16-33-10-8-25(21)29-35-12-14-43-29/h4-8,10-17,24,32H,2-3,9,18-19H2,1H3,(H,36,37,38). The van der Waals surface area contributed by atoms with Crippen molar-refractivity contribution in [1.82, 2.24) is 39.4 Å². The highest BCUT2D eigenvalue weighted by Gasteiger charge is 2.19. The van der Waals surface area contributed by atoms with Crippen LogP contribution in [0.4, 0.5) is 11.6 Å². The Bertz CT molecular complexity index is 1930. The number of aromatic nitrogens is 7. The van der Waals surface area contributed by atoms with Crippen molar-refractivity contribution >= 4 is 34.0 Å². The largest absolute Gasteiger partial charge is 0.489 e. The second-order valence-corrected chi connectivity index (χ2v) is 11.3. The first-order valence-corrected chi connectivity index (χ1v) is 15.0. The van der Waals surface area contributed by atoms with Crippen LogP contribution in [0, 0.1) is 0 Å². The highest BCUT2D eigenvalue weighted by Crippen LogP contribution is 2.27. The monoisotopic (exact) mass is 591 g/mol. The Labute approximate surface area is 251 Å². The van der Waals surface area contributed by atoms with Crippen LogP contribution in [0.3, 0.4) is 0 Å². The van der Waals surface area contributed by atoms with Gasteiger partial charge in [0.2, 0.25) is 5.95 Å². The lowest BCUT2D eigenvalue weighted by Crippen LogP contribution is -2.37. The number of nitrogens with zero attached hydrogens (tertiary/aromatic N) is 7. The van der Waals surface area contributed by atoms with Gasteiger partial charge in [-0.3, -0.25) is 14.3 Å². The molecule has 0 radical (unpaired) electrons. The fourth-order valence-corrected chi connectivity index (χ4v) is 6.00. The van der Waals surface area contributed by atoms with Crippen LogP contribution < -0.4 is 20.9 Å². The van der Waals surface area contributed by atoms with Crippen LogP contribution in [0.1, 0.15) is 18.4 Å². The highest BCUT2D eigenvalue weighted by molar-refractivity contribution is 7.13. The summed E-state index contributed by atoms with van der Waals surface area (Å²) in [7, 11) is 1.86. The molecule has 0 bridgehead atoms. The highest BCUT2D eigenvalue weighted by atomic mass is 32.1. The molecule has 0 amide bonds. The van der Waals surface area contributed by atoms with Gasteiger partial charge < -0.3 is 19.9 Å². The smallest absolute Gasteiger partial charge is 0.263 e. The normalized spacial score (nSPS) is 15.0. The first-order valence-electron chi connectivity index (χ1n) is 14.1. The van der Waals surface area contributed by atoms with Crippen LogP contribution in [0.15, 0.2) is 83.8 Å². The second-order valence-electron chi connectivity index (χ2n) is 10.4. The zero-order valence-corrected chi connectivity index (χ0v) is 24.3. The molecule has 11 nitrogen and oxygen atoms in total. The summed E-state index contributed by atoms with van der Waals surface area (Å²) < 4.78 is 9.60. The maximum atomic E-state index is 14.1. The fourth-order valence-electron chi connectivity index (χ4n) is 5.30. The van der Waals surface area contributed by atoms with Gasteiger partial charge in [-0.2, -0.15) is 4.98 Å². The number of anilines is 2. The van der Waals surface area contributed by atoms with Gasteiger partial charge in [0.15, 0.2) is 0 Å². The van der Waals surface area contributed by atoms with E-state index >= 15 is 0 Å². The van der Waals surface area contributed by atoms with Crippen molar-refractivity contribution in [2.75, 3.05) is 18.4 Å². The van der Waals surface area contributed by atoms with Crippen molar-refractivity contribution in [3.8, 4) is 27.7 Å². The molecule has 6 heterocycles. The van der Waals surface area contributed by atoms with Crippen molar-refractivity contribution < 1.29 is 4.74 Å². The minimum absolute atomic E-state index is 0.180. The Morgan fingerprint density at radius 3 is 2.74 bits per heavy atom. The first kappa shape index (κ1) is 26.9. The van der Waals surface area contributed by atoms with Crippen molar-refractivity contribution in [2.24, 2.45) is 7.05 Å². The van der Waals surface area contributed by atoms with E-state index in [4.69, 9.17) is 9.72 Å². The van der Waals surface area contributed by atoms with E-state index in [0.717, 1.165) is 53.5 Å². The fraction of sp³-hybridized carbons (Fsp3) is 0.226. The number of hydrogen-bond acceptors (Lipinski definition) is 10. The van der Waals surface area contributed by atoms with E-state index in [1.807, 2.05) is 53.5 Å². The molecule has 1 aromatic carbocycles. The molecule has 0 spiro atoms. The molecular weight excluding hydrogens is 562 g/mol. The summed E-state index contributed by atoms with van der Waals surface area (Å²) in [6.07, 6.45) is 12.8. The number of imidazole rings is 1. The van der Waals surface area contributed by atoms with E-state index in [2.05, 4.69) is 30.6 Å². The molecule has 1 aliphatic heterocycles. The Morgan fingerprint density at radius 1 is 1.07 bits per heavy atom. The number of hydrogen-bond donors (Lipinski definition) is 2. The quantitative estimate of drug-likeness (QED) is 0.261. The average Bonchev–Trinajstić information content (AvgIpc) is 3.73. The predicted octanol–water partition coefficient (Wildman–Crippen LogP) is 4.63. The topological polar surface area (TPSA) is 125 Å². The van der Waals surface area contributed by atoms with Gasteiger partial charge in [0.05, 0.1) is 12.1 Å². The van der Waals surface area contributed by atoms with Crippen molar-refractivity contribution in [3.05, 3.63) is 94.9 Å². The number of pyridine rings is 2. The van der Waals surface area contributed by atoms with Crippen LogP contribution in [0.25, 0.3) is 33.0 Å². The van der Waals surface area contributed by atoms with Crippen LogP contribution in [-0.4, -0.2) is 53.2 Å². The number of ether oxygens (including phenoxy) is 1. The summed E-state index contributed by atoms with van der Waals surface area (Å²) in [4.78, 5) is 36.8. The van der Waals surface area contributed by atoms with Crippen molar-refractivity contribution in [3.63, 3.8) is 0 Å². The molecule has 0 aliphatic carbocycles. The number of benzene rings is 1. The van der Waals surface area contributed by atoms with Crippen molar-refractivity contribution in [2.45, 2.75) is 25.5 Å². The van der Waals surface area contributed by atoms with E-state index in [-0.39, 0.29) is 18.2 Å². The lowest BCUT2D eigenvalue weighted by molar-refractivity contribution is 0.167.